The van der Waals surface area contributed by atoms with Crippen LogP contribution in [0.15, 0.2) is 28.8 Å². The molecule has 29 heavy (non-hydrogen) atoms. The molecule has 2 aliphatic carbocycles. The van der Waals surface area contributed by atoms with E-state index in [4.69, 9.17) is 9.47 Å². The highest BCUT2D eigenvalue weighted by molar-refractivity contribution is 9.10. The van der Waals surface area contributed by atoms with E-state index >= 15 is 0 Å². The number of likely N-dealkylation sites (tertiary alicyclic amines) is 1. The summed E-state index contributed by atoms with van der Waals surface area (Å²) in [5.41, 5.74) is 0.952. The van der Waals surface area contributed by atoms with E-state index in [-0.39, 0.29) is 47.9 Å². The number of carbonyl (C=O) groups excluding carboxylic acids is 3. The van der Waals surface area contributed by atoms with E-state index in [0.717, 1.165) is 21.4 Å². The topological polar surface area (TPSA) is 84.9 Å². The van der Waals surface area contributed by atoms with Gasteiger partial charge in [-0.15, -0.1) is 0 Å². The van der Waals surface area contributed by atoms with Crippen LogP contribution < -0.4 is 14.8 Å². The first-order chi connectivity index (χ1) is 13.9. The van der Waals surface area contributed by atoms with Crippen LogP contribution in [-0.2, 0) is 20.8 Å². The summed E-state index contributed by atoms with van der Waals surface area (Å²) < 4.78 is 11.4. The minimum atomic E-state index is -0.330. The summed E-state index contributed by atoms with van der Waals surface area (Å²) in [5.74, 6) is 0.259. The lowest BCUT2D eigenvalue weighted by molar-refractivity contribution is -0.144. The number of rotatable bonds is 7. The molecule has 4 atom stereocenters. The zero-order valence-corrected chi connectivity index (χ0v) is 17.9. The fourth-order valence-electron chi connectivity index (χ4n) is 4.74. The summed E-state index contributed by atoms with van der Waals surface area (Å²) in [6.07, 6.45) is 5.53. The van der Waals surface area contributed by atoms with Gasteiger partial charge in [-0.3, -0.25) is 19.3 Å². The largest absolute Gasteiger partial charge is 0.493 e. The van der Waals surface area contributed by atoms with Gasteiger partial charge in [0.1, 0.15) is 6.54 Å². The standard InChI is InChI=1S/C21H23BrN2O5/c1-28-15-8-11(14(22)9-16(15)29-2)5-6-23-17(25)10-24-20(26)18-12-3-4-13(7-12)19(18)21(24)27/h3-4,8-9,12-13,18-19H,5-7,10H2,1-2H3,(H,23,25). The summed E-state index contributed by atoms with van der Waals surface area (Å²) in [4.78, 5) is 38.8. The Kier molecular flexibility index (Phi) is 5.38. The van der Waals surface area contributed by atoms with Crippen LogP contribution in [0.5, 0.6) is 11.5 Å². The quantitative estimate of drug-likeness (QED) is 0.494. The second-order valence-electron chi connectivity index (χ2n) is 7.66. The molecular weight excluding hydrogens is 440 g/mol. The molecule has 8 heteroatoms. The van der Waals surface area contributed by atoms with Crippen molar-refractivity contribution in [3.63, 3.8) is 0 Å². The lowest BCUT2D eigenvalue weighted by Crippen LogP contribution is -2.42. The monoisotopic (exact) mass is 462 g/mol. The van der Waals surface area contributed by atoms with Crippen LogP contribution in [0.2, 0.25) is 0 Å². The second kappa shape index (κ2) is 7.82. The molecule has 1 aromatic carbocycles. The van der Waals surface area contributed by atoms with Crippen LogP contribution in [0.3, 0.4) is 0 Å². The number of halogens is 1. The summed E-state index contributed by atoms with van der Waals surface area (Å²) in [6.45, 7) is 0.167. The van der Waals surface area contributed by atoms with Gasteiger partial charge in [0.2, 0.25) is 17.7 Å². The van der Waals surface area contributed by atoms with Gasteiger partial charge in [0.25, 0.3) is 0 Å². The molecule has 7 nitrogen and oxygen atoms in total. The summed E-state index contributed by atoms with van der Waals surface area (Å²) in [6, 6.07) is 3.67. The van der Waals surface area contributed by atoms with Gasteiger partial charge in [0, 0.05) is 11.0 Å². The molecule has 1 N–H and O–H groups in total. The molecule has 0 spiro atoms. The predicted molar refractivity (Wildman–Crippen MR) is 108 cm³/mol. The first-order valence-electron chi connectivity index (χ1n) is 9.65. The number of fused-ring (bicyclic) bond motifs is 5. The van der Waals surface area contributed by atoms with Crippen molar-refractivity contribution in [1.82, 2.24) is 10.2 Å². The maximum absolute atomic E-state index is 12.7. The predicted octanol–water partition coefficient (Wildman–Crippen LogP) is 1.93. The number of allylic oxidation sites excluding steroid dienone is 2. The highest BCUT2D eigenvalue weighted by Crippen LogP contribution is 2.52. The minimum Gasteiger partial charge on any atom is -0.493 e. The number of imide groups is 1. The SMILES string of the molecule is COc1cc(Br)c(CCNC(=O)CN2C(=O)C3C4C=CC(C4)C3C2=O)cc1OC. The Hall–Kier alpha value is -2.35. The lowest BCUT2D eigenvalue weighted by Gasteiger charge is -2.17. The van der Waals surface area contributed by atoms with Crippen LogP contribution in [0, 0.1) is 23.7 Å². The van der Waals surface area contributed by atoms with Gasteiger partial charge in [-0.2, -0.15) is 0 Å². The van der Waals surface area contributed by atoms with E-state index in [1.165, 1.54) is 0 Å². The van der Waals surface area contributed by atoms with Crippen LogP contribution in [-0.4, -0.2) is 49.9 Å². The number of nitrogens with zero attached hydrogens (tertiary/aromatic N) is 1. The van der Waals surface area contributed by atoms with Gasteiger partial charge in [-0.1, -0.05) is 28.1 Å². The van der Waals surface area contributed by atoms with Gasteiger partial charge < -0.3 is 14.8 Å². The van der Waals surface area contributed by atoms with Crippen LogP contribution >= 0.6 is 15.9 Å². The fourth-order valence-corrected chi connectivity index (χ4v) is 5.26. The zero-order valence-electron chi connectivity index (χ0n) is 16.3. The van der Waals surface area contributed by atoms with Crippen LogP contribution in [0.1, 0.15) is 12.0 Å². The molecular formula is C21H23BrN2O5. The van der Waals surface area contributed by atoms with Crippen LogP contribution in [0.4, 0.5) is 0 Å². The van der Waals surface area contributed by atoms with Gasteiger partial charge in [0.05, 0.1) is 26.1 Å². The molecule has 0 aromatic heterocycles. The molecule has 1 heterocycles. The first-order valence-corrected chi connectivity index (χ1v) is 10.4. The molecule has 1 saturated carbocycles. The van der Waals surface area contributed by atoms with Crippen molar-refractivity contribution in [2.75, 3.05) is 27.3 Å². The maximum atomic E-state index is 12.7. The third-order valence-electron chi connectivity index (χ3n) is 6.13. The molecule has 2 bridgehead atoms. The molecule has 3 amide bonds. The van der Waals surface area contributed by atoms with Crippen molar-refractivity contribution in [1.29, 1.82) is 0 Å². The van der Waals surface area contributed by atoms with E-state index in [1.54, 1.807) is 14.2 Å². The number of amides is 3. The number of ether oxygens (including phenoxy) is 2. The van der Waals surface area contributed by atoms with E-state index in [1.807, 2.05) is 24.3 Å². The van der Waals surface area contributed by atoms with Crippen molar-refractivity contribution in [3.05, 3.63) is 34.3 Å². The smallest absolute Gasteiger partial charge is 0.240 e. The normalized spacial score (nSPS) is 26.8. The van der Waals surface area contributed by atoms with E-state index in [2.05, 4.69) is 21.2 Å². The molecule has 1 aromatic rings. The van der Waals surface area contributed by atoms with Crippen molar-refractivity contribution >= 4 is 33.7 Å². The summed E-state index contributed by atoms with van der Waals surface area (Å²) >= 11 is 3.50. The Morgan fingerprint density at radius 2 is 1.69 bits per heavy atom. The average molecular weight is 463 g/mol. The van der Waals surface area contributed by atoms with E-state index in [0.29, 0.717) is 24.5 Å². The molecule has 154 valence electrons. The van der Waals surface area contributed by atoms with Gasteiger partial charge >= 0.3 is 0 Å². The van der Waals surface area contributed by atoms with Gasteiger partial charge in [-0.25, -0.2) is 0 Å². The Balaban J connectivity index is 1.32. The van der Waals surface area contributed by atoms with Crippen molar-refractivity contribution in [3.8, 4) is 11.5 Å². The molecule has 4 rings (SSSR count). The highest BCUT2D eigenvalue weighted by atomic mass is 79.9. The third kappa shape index (κ3) is 3.43. The van der Waals surface area contributed by atoms with Crippen molar-refractivity contribution < 1.29 is 23.9 Å². The molecule has 3 aliphatic rings. The molecule has 2 fully saturated rings. The Morgan fingerprint density at radius 1 is 1.10 bits per heavy atom. The zero-order chi connectivity index (χ0) is 20.7. The van der Waals surface area contributed by atoms with E-state index in [9.17, 15) is 14.4 Å². The Bertz CT molecular complexity index is 869. The Morgan fingerprint density at radius 3 is 2.28 bits per heavy atom. The second-order valence-corrected chi connectivity index (χ2v) is 8.52. The number of benzene rings is 1. The average Bonchev–Trinajstić information content (AvgIpc) is 3.39. The number of hydrogen-bond acceptors (Lipinski definition) is 5. The van der Waals surface area contributed by atoms with Gasteiger partial charge in [-0.05, 0) is 42.4 Å². The highest BCUT2D eigenvalue weighted by Gasteiger charge is 2.59. The molecule has 0 radical (unpaired) electrons. The lowest BCUT2D eigenvalue weighted by atomic mass is 9.85. The first kappa shape index (κ1) is 19.9. The molecule has 4 unspecified atom stereocenters. The molecule has 1 saturated heterocycles. The number of hydrogen-bond donors (Lipinski definition) is 1. The number of nitrogens with one attached hydrogen (secondary N) is 1. The van der Waals surface area contributed by atoms with Gasteiger partial charge in [0.15, 0.2) is 11.5 Å². The Labute approximate surface area is 177 Å². The maximum Gasteiger partial charge on any atom is 0.240 e. The van der Waals surface area contributed by atoms with E-state index < -0.39 is 0 Å². The van der Waals surface area contributed by atoms with Crippen LogP contribution in [0.25, 0.3) is 0 Å². The third-order valence-corrected chi connectivity index (χ3v) is 6.87. The fraction of sp³-hybridized carbons (Fsp3) is 0.476. The van der Waals surface area contributed by atoms with Crippen molar-refractivity contribution in [2.24, 2.45) is 23.7 Å². The number of methoxy groups -OCH3 is 2. The number of carbonyl (C=O) groups is 3. The summed E-state index contributed by atoms with van der Waals surface area (Å²) in [7, 11) is 3.14. The van der Waals surface area contributed by atoms with Crippen molar-refractivity contribution in [2.45, 2.75) is 12.8 Å². The minimum absolute atomic E-state index is 0.150. The molecule has 1 aliphatic heterocycles. The summed E-state index contributed by atoms with van der Waals surface area (Å²) in [5, 5.41) is 2.80.